The Morgan fingerprint density at radius 2 is 1.62 bits per heavy atom. The first-order valence-corrected chi connectivity index (χ1v) is 12.1. The lowest BCUT2D eigenvalue weighted by Crippen LogP contribution is -2.29. The predicted molar refractivity (Wildman–Crippen MR) is 143 cm³/mol. The van der Waals surface area contributed by atoms with Crippen LogP contribution in [0.4, 0.5) is 5.69 Å². The lowest BCUT2D eigenvalue weighted by atomic mass is 9.91. The lowest BCUT2D eigenvalue weighted by molar-refractivity contribution is -0.132. The van der Waals surface area contributed by atoms with Gasteiger partial charge in [-0.2, -0.15) is 0 Å². The van der Waals surface area contributed by atoms with Gasteiger partial charge in [0.2, 0.25) is 0 Å². The van der Waals surface area contributed by atoms with Gasteiger partial charge in [-0.05, 0) is 78.1 Å². The molecule has 3 aromatic rings. The zero-order valence-corrected chi connectivity index (χ0v) is 22.0. The number of hydrogen-bond acceptors (Lipinski definition) is 6. The van der Waals surface area contributed by atoms with E-state index in [1.54, 1.807) is 62.6 Å². The number of phenolic OH excluding ortho intramolecular Hbond substituents is 1. The van der Waals surface area contributed by atoms with Crippen molar-refractivity contribution in [2.75, 3.05) is 19.1 Å². The summed E-state index contributed by atoms with van der Waals surface area (Å²) in [5.74, 6) is -1.13. The average molecular weight is 522 g/mol. The van der Waals surface area contributed by atoms with Gasteiger partial charge in [0.1, 0.15) is 11.5 Å². The number of carbonyl (C=O) groups excluding carboxylic acids is 2. The summed E-state index contributed by atoms with van der Waals surface area (Å²) in [5, 5.41) is 22.6. The number of nitrogens with zero attached hydrogens (tertiary/aromatic N) is 1. The molecule has 3 aromatic carbocycles. The second-order valence-corrected chi connectivity index (χ2v) is 9.58. The highest BCUT2D eigenvalue weighted by Gasteiger charge is 2.47. The van der Waals surface area contributed by atoms with Gasteiger partial charge in [-0.15, -0.1) is 0 Å². The summed E-state index contributed by atoms with van der Waals surface area (Å²) in [6, 6.07) is 13.7. The predicted octanol–water partition coefficient (Wildman–Crippen LogP) is 6.12. The molecule has 37 heavy (non-hydrogen) atoms. The number of phenols is 1. The Hall–Kier alpha value is -3.97. The number of aryl methyl sites for hydroxylation is 1. The van der Waals surface area contributed by atoms with Gasteiger partial charge in [0, 0.05) is 16.3 Å². The average Bonchev–Trinajstić information content (AvgIpc) is 3.14. The van der Waals surface area contributed by atoms with E-state index < -0.39 is 17.7 Å². The van der Waals surface area contributed by atoms with Crippen molar-refractivity contribution in [3.63, 3.8) is 0 Å². The van der Waals surface area contributed by atoms with E-state index in [-0.39, 0.29) is 28.7 Å². The van der Waals surface area contributed by atoms with E-state index >= 15 is 0 Å². The molecule has 2 N–H and O–H groups in total. The fraction of sp³-hybridized carbons (Fsp3) is 0.241. The van der Waals surface area contributed by atoms with Crippen molar-refractivity contribution in [2.45, 2.75) is 32.7 Å². The Labute approximate surface area is 220 Å². The molecule has 8 heteroatoms. The number of carbonyl (C=O) groups is 2. The second-order valence-electron chi connectivity index (χ2n) is 9.14. The van der Waals surface area contributed by atoms with Crippen molar-refractivity contribution in [2.24, 2.45) is 0 Å². The third-order valence-corrected chi connectivity index (χ3v) is 6.77. The van der Waals surface area contributed by atoms with Crippen molar-refractivity contribution >= 4 is 34.7 Å². The first-order valence-electron chi connectivity index (χ1n) is 11.7. The molecule has 192 valence electrons. The van der Waals surface area contributed by atoms with E-state index in [1.807, 2.05) is 13.8 Å². The number of Topliss-reactive ketones (excluding diaryl/α,β-unsaturated/α-hetero) is 1. The Bertz CT molecular complexity index is 1410. The van der Waals surface area contributed by atoms with Gasteiger partial charge in [-0.25, -0.2) is 0 Å². The van der Waals surface area contributed by atoms with Crippen LogP contribution in [-0.2, 0) is 9.59 Å². The summed E-state index contributed by atoms with van der Waals surface area (Å²) < 4.78 is 10.7. The SMILES string of the molecule is COc1ccc(C2/C(=C(\O)c3cc(C(C)C)c(OC)cc3C)C(=O)C(=O)N2c2ccc(Cl)cc2)cc1O. The van der Waals surface area contributed by atoms with Gasteiger partial charge in [0.15, 0.2) is 11.5 Å². The molecule has 0 spiro atoms. The van der Waals surface area contributed by atoms with Crippen LogP contribution >= 0.6 is 11.6 Å². The molecule has 0 saturated carbocycles. The summed E-state index contributed by atoms with van der Waals surface area (Å²) in [5.41, 5.74) is 2.69. The zero-order valence-electron chi connectivity index (χ0n) is 21.2. The van der Waals surface area contributed by atoms with Crippen molar-refractivity contribution in [1.29, 1.82) is 0 Å². The number of benzene rings is 3. The van der Waals surface area contributed by atoms with E-state index in [0.717, 1.165) is 5.56 Å². The van der Waals surface area contributed by atoms with Gasteiger partial charge in [-0.3, -0.25) is 14.5 Å². The Kier molecular flexibility index (Phi) is 7.18. The maximum Gasteiger partial charge on any atom is 0.300 e. The normalized spacial score (nSPS) is 16.9. The number of aliphatic hydroxyl groups excluding tert-OH is 1. The summed E-state index contributed by atoms with van der Waals surface area (Å²) in [6.07, 6.45) is 0. The second kappa shape index (κ2) is 10.2. The number of anilines is 1. The highest BCUT2D eigenvalue weighted by molar-refractivity contribution is 6.51. The smallest absolute Gasteiger partial charge is 0.300 e. The van der Waals surface area contributed by atoms with E-state index in [1.165, 1.54) is 18.1 Å². The van der Waals surface area contributed by atoms with Gasteiger partial charge >= 0.3 is 0 Å². The van der Waals surface area contributed by atoms with Gasteiger partial charge in [0.25, 0.3) is 11.7 Å². The molecule has 1 unspecified atom stereocenters. The first-order chi connectivity index (χ1) is 17.6. The number of ketones is 1. The molecule has 4 rings (SSSR count). The fourth-order valence-corrected chi connectivity index (χ4v) is 4.75. The number of rotatable bonds is 6. The largest absolute Gasteiger partial charge is 0.507 e. The Morgan fingerprint density at radius 3 is 2.19 bits per heavy atom. The van der Waals surface area contributed by atoms with Crippen molar-refractivity contribution in [1.82, 2.24) is 0 Å². The van der Waals surface area contributed by atoms with Crippen molar-refractivity contribution in [3.05, 3.63) is 87.4 Å². The van der Waals surface area contributed by atoms with E-state index in [9.17, 15) is 19.8 Å². The fourth-order valence-electron chi connectivity index (χ4n) is 4.62. The third kappa shape index (κ3) is 4.62. The van der Waals surface area contributed by atoms with Crippen LogP contribution in [0.15, 0.2) is 60.2 Å². The Morgan fingerprint density at radius 1 is 0.973 bits per heavy atom. The summed E-state index contributed by atoms with van der Waals surface area (Å²) in [7, 11) is 3.00. The maximum atomic E-state index is 13.5. The molecule has 7 nitrogen and oxygen atoms in total. The molecule has 1 fully saturated rings. The molecule has 0 aromatic heterocycles. The molecule has 0 aliphatic carbocycles. The third-order valence-electron chi connectivity index (χ3n) is 6.52. The van der Waals surface area contributed by atoms with Crippen LogP contribution in [0.2, 0.25) is 5.02 Å². The van der Waals surface area contributed by atoms with Crippen LogP contribution in [0.5, 0.6) is 17.2 Å². The maximum absolute atomic E-state index is 13.5. The molecular weight excluding hydrogens is 494 g/mol. The molecular formula is C29H28ClNO6. The number of halogens is 1. The van der Waals surface area contributed by atoms with Crippen LogP contribution < -0.4 is 14.4 Å². The molecule has 1 heterocycles. The number of ether oxygens (including phenoxy) is 2. The number of aromatic hydroxyl groups is 1. The molecule has 0 bridgehead atoms. The molecule has 1 aliphatic heterocycles. The monoisotopic (exact) mass is 521 g/mol. The van der Waals surface area contributed by atoms with Crippen molar-refractivity contribution in [3.8, 4) is 17.2 Å². The topological polar surface area (TPSA) is 96.3 Å². The number of aliphatic hydroxyl groups is 1. The molecule has 0 radical (unpaired) electrons. The first kappa shape index (κ1) is 26.1. The lowest BCUT2D eigenvalue weighted by Gasteiger charge is -2.26. The minimum absolute atomic E-state index is 0.0768. The van der Waals surface area contributed by atoms with Gasteiger partial charge in [0.05, 0.1) is 25.8 Å². The van der Waals surface area contributed by atoms with Crippen LogP contribution in [0.1, 0.15) is 48.1 Å². The molecule has 1 aliphatic rings. The van der Waals surface area contributed by atoms with E-state index in [0.29, 0.717) is 33.1 Å². The Balaban J connectivity index is 2.00. The zero-order chi connectivity index (χ0) is 27.0. The minimum atomic E-state index is -1.01. The highest BCUT2D eigenvalue weighted by Crippen LogP contribution is 2.45. The number of amides is 1. The number of hydrogen-bond donors (Lipinski definition) is 2. The quantitative estimate of drug-likeness (QED) is 0.230. The van der Waals surface area contributed by atoms with Crippen LogP contribution in [0.25, 0.3) is 5.76 Å². The molecule has 1 amide bonds. The summed E-state index contributed by atoms with van der Waals surface area (Å²) in [4.78, 5) is 28.1. The van der Waals surface area contributed by atoms with Crippen LogP contribution in [-0.4, -0.2) is 36.1 Å². The molecule has 1 atom stereocenters. The van der Waals surface area contributed by atoms with E-state index in [4.69, 9.17) is 21.1 Å². The van der Waals surface area contributed by atoms with Crippen LogP contribution in [0.3, 0.4) is 0 Å². The van der Waals surface area contributed by atoms with Gasteiger partial charge < -0.3 is 19.7 Å². The highest BCUT2D eigenvalue weighted by atomic mass is 35.5. The molecule has 1 saturated heterocycles. The number of methoxy groups -OCH3 is 2. The van der Waals surface area contributed by atoms with Crippen molar-refractivity contribution < 1.29 is 29.3 Å². The van der Waals surface area contributed by atoms with Crippen LogP contribution in [0, 0.1) is 6.92 Å². The van der Waals surface area contributed by atoms with Gasteiger partial charge in [-0.1, -0.05) is 31.5 Å². The van der Waals surface area contributed by atoms with E-state index in [2.05, 4.69) is 0 Å². The summed E-state index contributed by atoms with van der Waals surface area (Å²) >= 11 is 6.06. The summed E-state index contributed by atoms with van der Waals surface area (Å²) in [6.45, 7) is 5.79. The standard InChI is InChI=1S/C29H28ClNO6/c1-15(2)20-14-21(16(3)12-24(20)37-5)27(33)25-26(17-6-11-23(36-4)22(32)13-17)31(29(35)28(25)34)19-9-7-18(30)8-10-19/h6-15,26,32-33H,1-5H3/b27-25+. The minimum Gasteiger partial charge on any atom is -0.507 e.